The molecule has 0 spiro atoms. The van der Waals surface area contributed by atoms with E-state index in [4.69, 9.17) is 5.73 Å². The van der Waals surface area contributed by atoms with Gasteiger partial charge < -0.3 is 16.4 Å². The van der Waals surface area contributed by atoms with Crippen molar-refractivity contribution < 1.29 is 4.79 Å². The molecule has 4 N–H and O–H groups in total. The molecule has 19 heavy (non-hydrogen) atoms. The second kappa shape index (κ2) is 6.14. The molecule has 2 aromatic rings. The Kier molecular flexibility index (Phi) is 4.30. The number of nitrogens with two attached hydrogens (primary N) is 1. The monoisotopic (exact) mass is 277 g/mol. The first-order valence-corrected chi connectivity index (χ1v) is 6.59. The van der Waals surface area contributed by atoms with Crippen LogP contribution in [-0.4, -0.2) is 28.9 Å². The second-order valence-corrected chi connectivity index (χ2v) is 4.64. The quantitative estimate of drug-likeness (QED) is 0.767. The lowest BCUT2D eigenvalue weighted by Crippen LogP contribution is -2.20. The van der Waals surface area contributed by atoms with E-state index in [0.29, 0.717) is 18.8 Å². The van der Waals surface area contributed by atoms with Gasteiger partial charge in [-0.1, -0.05) is 6.07 Å². The van der Waals surface area contributed by atoms with Crippen molar-refractivity contribution in [2.75, 3.05) is 24.6 Å². The van der Waals surface area contributed by atoms with Gasteiger partial charge in [0.15, 0.2) is 0 Å². The van der Waals surface area contributed by atoms with E-state index in [1.54, 1.807) is 19.4 Å². The third kappa shape index (κ3) is 3.19. The van der Waals surface area contributed by atoms with Gasteiger partial charge in [0, 0.05) is 38.0 Å². The van der Waals surface area contributed by atoms with Crippen molar-refractivity contribution in [2.24, 2.45) is 0 Å². The van der Waals surface area contributed by atoms with Crippen molar-refractivity contribution in [3.63, 3.8) is 0 Å². The highest BCUT2D eigenvalue weighted by Gasteiger charge is 2.13. The van der Waals surface area contributed by atoms with Gasteiger partial charge in [-0.2, -0.15) is 4.37 Å². The van der Waals surface area contributed by atoms with Crippen molar-refractivity contribution in [3.8, 4) is 11.1 Å². The number of amides is 1. The fourth-order valence-electron chi connectivity index (χ4n) is 1.63. The Morgan fingerprint density at radius 1 is 1.53 bits per heavy atom. The lowest BCUT2D eigenvalue weighted by molar-refractivity contribution is -0.120. The summed E-state index contributed by atoms with van der Waals surface area (Å²) in [6, 6.07) is 3.78. The number of nitrogens with one attached hydrogen (secondary N) is 2. The third-order valence-corrected chi connectivity index (χ3v) is 3.40. The van der Waals surface area contributed by atoms with Crippen LogP contribution in [0.15, 0.2) is 24.5 Å². The summed E-state index contributed by atoms with van der Waals surface area (Å²) in [6.45, 7) is 0.536. The zero-order valence-corrected chi connectivity index (χ0v) is 11.3. The van der Waals surface area contributed by atoms with Gasteiger partial charge >= 0.3 is 0 Å². The van der Waals surface area contributed by atoms with Crippen molar-refractivity contribution in [2.45, 2.75) is 6.42 Å². The molecule has 0 saturated heterocycles. The van der Waals surface area contributed by atoms with Crippen LogP contribution in [-0.2, 0) is 4.79 Å². The number of carbonyl (C=O) groups excluding carboxylic acids is 1. The van der Waals surface area contributed by atoms with Crippen molar-refractivity contribution >= 4 is 28.3 Å². The second-order valence-electron chi connectivity index (χ2n) is 3.86. The number of aromatic nitrogens is 2. The van der Waals surface area contributed by atoms with E-state index in [1.807, 2.05) is 12.1 Å². The van der Waals surface area contributed by atoms with Crippen molar-refractivity contribution in [1.29, 1.82) is 0 Å². The highest BCUT2D eigenvalue weighted by Crippen LogP contribution is 2.36. The van der Waals surface area contributed by atoms with Gasteiger partial charge in [-0.25, -0.2) is 0 Å². The summed E-state index contributed by atoms with van der Waals surface area (Å²) in [6.07, 6.45) is 3.85. The van der Waals surface area contributed by atoms with Gasteiger partial charge in [-0.05, 0) is 17.6 Å². The molecule has 0 atom stereocenters. The molecule has 7 heteroatoms. The highest BCUT2D eigenvalue weighted by atomic mass is 32.1. The first kappa shape index (κ1) is 13.3. The van der Waals surface area contributed by atoms with E-state index in [2.05, 4.69) is 20.0 Å². The predicted octanol–water partition coefficient (Wildman–Crippen LogP) is 1.34. The number of nitrogen functional groups attached to an aromatic ring is 1. The first-order chi connectivity index (χ1) is 9.22. The van der Waals surface area contributed by atoms with E-state index in [0.717, 1.165) is 16.1 Å². The van der Waals surface area contributed by atoms with Crippen LogP contribution in [0.4, 0.5) is 10.8 Å². The predicted molar refractivity (Wildman–Crippen MR) is 76.9 cm³/mol. The molecule has 6 nitrogen and oxygen atoms in total. The Morgan fingerprint density at radius 2 is 2.37 bits per heavy atom. The van der Waals surface area contributed by atoms with Crippen LogP contribution in [0.5, 0.6) is 0 Å². The summed E-state index contributed by atoms with van der Waals surface area (Å²) < 4.78 is 4.14. The first-order valence-electron chi connectivity index (χ1n) is 5.82. The molecule has 100 valence electrons. The van der Waals surface area contributed by atoms with E-state index in [1.165, 1.54) is 11.5 Å². The van der Waals surface area contributed by atoms with Crippen molar-refractivity contribution in [1.82, 2.24) is 14.7 Å². The molecule has 0 radical (unpaired) electrons. The van der Waals surface area contributed by atoms with Gasteiger partial charge in [0.2, 0.25) is 5.91 Å². The summed E-state index contributed by atoms with van der Waals surface area (Å²) in [7, 11) is 1.62. The topological polar surface area (TPSA) is 92.9 Å². The van der Waals surface area contributed by atoms with Crippen LogP contribution in [0.2, 0.25) is 0 Å². The minimum atomic E-state index is -0.00656. The van der Waals surface area contributed by atoms with Gasteiger partial charge in [-0.3, -0.25) is 9.78 Å². The van der Waals surface area contributed by atoms with E-state index < -0.39 is 0 Å². The molecule has 0 unspecified atom stereocenters. The van der Waals surface area contributed by atoms with E-state index >= 15 is 0 Å². The Morgan fingerprint density at radius 3 is 3.05 bits per heavy atom. The number of hydrogen-bond donors (Lipinski definition) is 3. The third-order valence-electron chi connectivity index (χ3n) is 2.59. The summed E-state index contributed by atoms with van der Waals surface area (Å²) in [5.41, 5.74) is 7.64. The molecule has 0 bridgehead atoms. The number of hydrogen-bond acceptors (Lipinski definition) is 6. The Bertz CT molecular complexity index is 555. The van der Waals surface area contributed by atoms with Gasteiger partial charge in [0.25, 0.3) is 0 Å². The molecule has 1 amide bonds. The summed E-state index contributed by atoms with van der Waals surface area (Å²) in [4.78, 5) is 15.2. The standard InChI is InChI=1S/C12H15N5OS/c1-14-9(18)4-6-16-12-10(11(13)17-19-12)8-3-2-5-15-7-8/h2-3,5,7,16H,4,6H2,1H3,(H2,13,17)(H,14,18). The molecule has 2 aromatic heterocycles. The SMILES string of the molecule is CNC(=O)CCNc1snc(N)c1-c1cccnc1. The van der Waals surface area contributed by atoms with Crippen LogP contribution < -0.4 is 16.4 Å². The summed E-state index contributed by atoms with van der Waals surface area (Å²) in [5.74, 6) is 0.466. The average Bonchev–Trinajstić information content (AvgIpc) is 2.80. The smallest absolute Gasteiger partial charge is 0.221 e. The maximum Gasteiger partial charge on any atom is 0.221 e. The minimum Gasteiger partial charge on any atom is -0.382 e. The van der Waals surface area contributed by atoms with Gasteiger partial charge in [0.1, 0.15) is 10.8 Å². The number of anilines is 2. The maximum atomic E-state index is 11.2. The van der Waals surface area contributed by atoms with Crippen LogP contribution >= 0.6 is 11.5 Å². The van der Waals surface area contributed by atoms with Gasteiger partial charge in [-0.15, -0.1) is 0 Å². The average molecular weight is 277 g/mol. The number of carbonyl (C=O) groups is 1. The molecule has 2 rings (SSSR count). The van der Waals surface area contributed by atoms with Crippen LogP contribution in [0.3, 0.4) is 0 Å². The molecular formula is C12H15N5OS. The zero-order chi connectivity index (χ0) is 13.7. The normalized spacial score (nSPS) is 10.2. The fourth-order valence-corrected chi connectivity index (χ4v) is 2.39. The van der Waals surface area contributed by atoms with Crippen LogP contribution in [0.25, 0.3) is 11.1 Å². The van der Waals surface area contributed by atoms with E-state index in [-0.39, 0.29) is 5.91 Å². The Balaban J connectivity index is 2.12. The molecule has 0 aliphatic rings. The molecule has 0 saturated carbocycles. The van der Waals surface area contributed by atoms with Crippen LogP contribution in [0, 0.1) is 0 Å². The molecule has 0 aliphatic heterocycles. The molecule has 0 fully saturated rings. The molecule has 0 aromatic carbocycles. The van der Waals surface area contributed by atoms with Gasteiger partial charge in [0.05, 0.1) is 5.56 Å². The summed E-state index contributed by atoms with van der Waals surface area (Å²) in [5, 5.41) is 6.62. The number of nitrogens with zero attached hydrogens (tertiary/aromatic N) is 2. The largest absolute Gasteiger partial charge is 0.382 e. The highest BCUT2D eigenvalue weighted by molar-refractivity contribution is 7.11. The van der Waals surface area contributed by atoms with Crippen LogP contribution in [0.1, 0.15) is 6.42 Å². The molecule has 2 heterocycles. The minimum absolute atomic E-state index is 0.00656. The maximum absolute atomic E-state index is 11.2. The van der Waals surface area contributed by atoms with Crippen molar-refractivity contribution in [3.05, 3.63) is 24.5 Å². The summed E-state index contributed by atoms with van der Waals surface area (Å²) >= 11 is 1.28. The number of rotatable bonds is 5. The number of pyridine rings is 1. The Hall–Kier alpha value is -2.15. The molecule has 0 aliphatic carbocycles. The lowest BCUT2D eigenvalue weighted by atomic mass is 10.1. The zero-order valence-electron chi connectivity index (χ0n) is 10.5. The lowest BCUT2D eigenvalue weighted by Gasteiger charge is -2.06. The Labute approximate surface area is 115 Å². The molecular weight excluding hydrogens is 262 g/mol. The fraction of sp³-hybridized carbons (Fsp3) is 0.250. The van der Waals surface area contributed by atoms with E-state index in [9.17, 15) is 4.79 Å².